The number of aliphatic imine (C=N–C) groups is 1. The Morgan fingerprint density at radius 3 is 1.94 bits per heavy atom. The molecule has 0 aliphatic heterocycles. The predicted octanol–water partition coefficient (Wildman–Crippen LogP) is 7.05. The van der Waals surface area contributed by atoms with Crippen LogP contribution in [0.25, 0.3) is 0 Å². The minimum Gasteiger partial charge on any atom is -0.370 e. The highest BCUT2D eigenvalue weighted by molar-refractivity contribution is 5.78. The molecule has 0 aromatic heterocycles. The van der Waals surface area contributed by atoms with Gasteiger partial charge in [0.1, 0.15) is 0 Å². The molecule has 3 heteroatoms. The van der Waals surface area contributed by atoms with E-state index in [4.69, 9.17) is 10.7 Å². The van der Waals surface area contributed by atoms with Gasteiger partial charge in [-0.25, -0.2) is 4.99 Å². The Morgan fingerprint density at radius 2 is 1.61 bits per heavy atom. The Balaban J connectivity index is 0.000000577. The van der Waals surface area contributed by atoms with Gasteiger partial charge in [0.05, 0.1) is 5.54 Å². The molecule has 0 spiro atoms. The number of rotatable bonds is 5. The van der Waals surface area contributed by atoms with Gasteiger partial charge in [-0.05, 0) is 36.3 Å². The van der Waals surface area contributed by atoms with E-state index < -0.39 is 5.54 Å². The van der Waals surface area contributed by atoms with Crippen LogP contribution in [0.5, 0.6) is 0 Å². The second kappa shape index (κ2) is 11.5. The molecule has 174 valence electrons. The molecular weight excluding hydrogens is 378 g/mol. The molecule has 3 nitrogen and oxygen atoms in total. The second-order valence-corrected chi connectivity index (χ2v) is 10.6. The van der Waals surface area contributed by atoms with Crippen LogP contribution in [0.3, 0.4) is 0 Å². The van der Waals surface area contributed by atoms with Gasteiger partial charge in [-0.1, -0.05) is 102 Å². The van der Waals surface area contributed by atoms with Gasteiger partial charge in [0.25, 0.3) is 0 Å². The maximum absolute atomic E-state index is 6.09. The van der Waals surface area contributed by atoms with E-state index in [0.29, 0.717) is 5.96 Å². The molecule has 1 saturated carbocycles. The van der Waals surface area contributed by atoms with Crippen molar-refractivity contribution in [3.05, 3.63) is 60.2 Å². The first-order valence-electron chi connectivity index (χ1n) is 11.7. The first-order chi connectivity index (χ1) is 14.3. The molecule has 0 heterocycles. The van der Waals surface area contributed by atoms with Gasteiger partial charge in [0.15, 0.2) is 5.96 Å². The summed E-state index contributed by atoms with van der Waals surface area (Å²) in [5, 5.41) is 0. The van der Waals surface area contributed by atoms with Crippen molar-refractivity contribution in [1.29, 1.82) is 0 Å². The minimum atomic E-state index is -0.542. The topological polar surface area (TPSA) is 41.6 Å². The fraction of sp³-hybridized carbons (Fsp3) is 0.607. The smallest absolute Gasteiger partial charge is 0.191 e. The van der Waals surface area contributed by atoms with E-state index in [-0.39, 0.29) is 11.3 Å². The monoisotopic (exact) mass is 425 g/mol. The van der Waals surface area contributed by atoms with Gasteiger partial charge in [0.2, 0.25) is 0 Å². The molecule has 1 aliphatic rings. The Labute approximate surface area is 192 Å². The van der Waals surface area contributed by atoms with E-state index in [1.54, 1.807) is 0 Å². The maximum atomic E-state index is 6.09. The summed E-state index contributed by atoms with van der Waals surface area (Å²) >= 11 is 0. The molecule has 2 N–H and O–H groups in total. The van der Waals surface area contributed by atoms with Gasteiger partial charge < -0.3 is 10.6 Å². The lowest BCUT2D eigenvalue weighted by Crippen LogP contribution is -2.39. The predicted molar refractivity (Wildman–Crippen MR) is 139 cm³/mol. The highest BCUT2D eigenvalue weighted by Crippen LogP contribution is 2.38. The third kappa shape index (κ3) is 7.87. The summed E-state index contributed by atoms with van der Waals surface area (Å²) in [5.74, 6) is 1.52. The van der Waals surface area contributed by atoms with Crippen LogP contribution in [0.4, 0.5) is 0 Å². The maximum Gasteiger partial charge on any atom is 0.191 e. The lowest BCUT2D eigenvalue weighted by molar-refractivity contribution is 0.385. The summed E-state index contributed by atoms with van der Waals surface area (Å²) in [4.78, 5) is 6.59. The zero-order valence-corrected chi connectivity index (χ0v) is 21.5. The molecule has 1 aromatic rings. The summed E-state index contributed by atoms with van der Waals surface area (Å²) in [6, 6.07) is 8.69. The van der Waals surface area contributed by atoms with Crippen LogP contribution in [0, 0.1) is 5.92 Å². The lowest BCUT2D eigenvalue weighted by atomic mass is 9.76. The first-order valence-corrected chi connectivity index (χ1v) is 11.7. The Morgan fingerprint density at radius 1 is 1.10 bits per heavy atom. The van der Waals surface area contributed by atoms with Crippen LogP contribution in [0.15, 0.2) is 54.1 Å². The fourth-order valence-electron chi connectivity index (χ4n) is 3.96. The molecule has 31 heavy (non-hydrogen) atoms. The summed E-state index contributed by atoms with van der Waals surface area (Å²) < 4.78 is 0. The number of nitrogens with two attached hydrogens (primary N) is 1. The Kier molecular flexibility index (Phi) is 10.1. The van der Waals surface area contributed by atoms with Crippen LogP contribution >= 0.6 is 0 Å². The van der Waals surface area contributed by atoms with E-state index in [1.807, 2.05) is 32.0 Å². The average Bonchev–Trinajstić information content (AvgIpc) is 2.69. The molecule has 1 aliphatic carbocycles. The normalized spacial score (nSPS) is 18.3. The third-order valence-electron chi connectivity index (χ3n) is 6.54. The SMILES string of the molecule is C=C[C@H](c1ccc(C(C)(C)C)cc1)[C@](C)(N=C(N)N(C)C)C(=C)C.CC1CCCCC1. The van der Waals surface area contributed by atoms with Crippen LogP contribution in [0.1, 0.15) is 90.7 Å². The van der Waals surface area contributed by atoms with Crippen LogP contribution < -0.4 is 5.73 Å². The largest absolute Gasteiger partial charge is 0.370 e. The molecule has 0 bridgehead atoms. The number of nitrogens with zero attached hydrogens (tertiary/aromatic N) is 2. The number of guanidine groups is 1. The van der Waals surface area contributed by atoms with E-state index in [0.717, 1.165) is 11.5 Å². The molecule has 0 radical (unpaired) electrons. The van der Waals surface area contributed by atoms with Crippen molar-refractivity contribution < 1.29 is 0 Å². The quantitative estimate of drug-likeness (QED) is 0.312. The zero-order valence-electron chi connectivity index (χ0n) is 21.5. The molecule has 1 fully saturated rings. The fourth-order valence-corrected chi connectivity index (χ4v) is 3.96. The van der Waals surface area contributed by atoms with E-state index in [1.165, 1.54) is 43.2 Å². The summed E-state index contributed by atoms with van der Waals surface area (Å²) in [6.45, 7) is 21.3. The zero-order chi connectivity index (χ0) is 23.8. The first kappa shape index (κ1) is 27.0. The highest BCUT2D eigenvalue weighted by Gasteiger charge is 2.35. The average molecular weight is 426 g/mol. The summed E-state index contributed by atoms with van der Waals surface area (Å²) in [6.07, 6.45) is 9.37. The molecule has 1 aromatic carbocycles. The van der Waals surface area contributed by atoms with Crippen molar-refractivity contribution in [2.75, 3.05) is 14.1 Å². The van der Waals surface area contributed by atoms with Crippen molar-refractivity contribution in [3.8, 4) is 0 Å². The number of hydrogen-bond donors (Lipinski definition) is 1. The van der Waals surface area contributed by atoms with Crippen molar-refractivity contribution in [2.45, 2.75) is 90.5 Å². The minimum absolute atomic E-state index is 0.00233. The van der Waals surface area contributed by atoms with Crippen LogP contribution in [0.2, 0.25) is 0 Å². The van der Waals surface area contributed by atoms with Crippen molar-refractivity contribution >= 4 is 5.96 Å². The summed E-state index contributed by atoms with van der Waals surface area (Å²) in [7, 11) is 3.78. The Hall–Kier alpha value is -2.03. The molecule has 0 saturated heterocycles. The lowest BCUT2D eigenvalue weighted by Gasteiger charge is -2.35. The standard InChI is InChI=1S/C21H33N3.C7H14/c1-10-18(16-11-13-17(14-12-16)20(4,5)6)21(7,15(2)3)23-19(22)24(8)9;1-7-5-3-2-4-6-7/h10-14,18H,1-2H2,3-9H3,(H2,22,23);7H,2-6H2,1H3/t18-,21-;/m1./s1. The van der Waals surface area contributed by atoms with E-state index in [9.17, 15) is 0 Å². The molecule has 2 rings (SSSR count). The van der Waals surface area contributed by atoms with Gasteiger partial charge in [-0.15, -0.1) is 6.58 Å². The van der Waals surface area contributed by atoms with Gasteiger partial charge in [-0.3, -0.25) is 0 Å². The highest BCUT2D eigenvalue weighted by atomic mass is 15.2. The van der Waals surface area contributed by atoms with Crippen molar-refractivity contribution in [1.82, 2.24) is 4.90 Å². The molecule has 2 atom stereocenters. The van der Waals surface area contributed by atoms with Crippen LogP contribution in [-0.2, 0) is 5.41 Å². The van der Waals surface area contributed by atoms with E-state index in [2.05, 4.69) is 72.0 Å². The molecule has 0 amide bonds. The van der Waals surface area contributed by atoms with Crippen LogP contribution in [-0.4, -0.2) is 30.5 Å². The summed E-state index contributed by atoms with van der Waals surface area (Å²) in [5.41, 5.74) is 9.11. The van der Waals surface area contributed by atoms with Gasteiger partial charge in [0, 0.05) is 20.0 Å². The van der Waals surface area contributed by atoms with Gasteiger partial charge >= 0.3 is 0 Å². The van der Waals surface area contributed by atoms with Gasteiger partial charge in [-0.2, -0.15) is 0 Å². The third-order valence-corrected chi connectivity index (χ3v) is 6.54. The Bertz CT molecular complexity index is 731. The van der Waals surface area contributed by atoms with Crippen molar-refractivity contribution in [3.63, 3.8) is 0 Å². The van der Waals surface area contributed by atoms with Crippen molar-refractivity contribution in [2.24, 2.45) is 16.6 Å². The molecule has 0 unspecified atom stereocenters. The molecular formula is C28H47N3. The van der Waals surface area contributed by atoms with E-state index >= 15 is 0 Å². The number of benzene rings is 1. The second-order valence-electron chi connectivity index (χ2n) is 10.6. The number of hydrogen-bond acceptors (Lipinski definition) is 1.